The molecule has 1 heterocycles. The lowest BCUT2D eigenvalue weighted by atomic mass is 10.1. The van der Waals surface area contributed by atoms with E-state index in [-0.39, 0.29) is 0 Å². The highest BCUT2D eigenvalue weighted by Gasteiger charge is 2.19. The van der Waals surface area contributed by atoms with E-state index >= 15 is 0 Å². The Morgan fingerprint density at radius 3 is 2.37 bits per heavy atom. The molecular formula is C15H29N3S. The topological polar surface area (TPSA) is 28.2 Å². The Bertz CT molecular complexity index is 373. The molecule has 4 heteroatoms. The molecule has 0 spiro atoms. The number of nitrogens with one attached hydrogen (secondary N) is 1. The lowest BCUT2D eigenvalue weighted by Crippen LogP contribution is -2.32. The van der Waals surface area contributed by atoms with Gasteiger partial charge in [0.1, 0.15) is 0 Å². The predicted octanol–water partition coefficient (Wildman–Crippen LogP) is 4.00. The summed E-state index contributed by atoms with van der Waals surface area (Å²) < 4.78 is 0. The Balaban J connectivity index is 3.01. The molecule has 0 aliphatic heterocycles. The van der Waals surface area contributed by atoms with Crippen LogP contribution in [0, 0.1) is 0 Å². The molecule has 3 nitrogen and oxygen atoms in total. The zero-order valence-corrected chi connectivity index (χ0v) is 14.1. The molecule has 0 radical (unpaired) electrons. The highest BCUT2D eigenvalue weighted by atomic mass is 32.1. The molecule has 110 valence electrons. The van der Waals surface area contributed by atoms with E-state index in [4.69, 9.17) is 4.98 Å². The minimum atomic E-state index is 0.495. The Labute approximate surface area is 122 Å². The van der Waals surface area contributed by atoms with Gasteiger partial charge in [-0.2, -0.15) is 0 Å². The van der Waals surface area contributed by atoms with Crippen LogP contribution >= 0.6 is 11.3 Å². The molecule has 0 aliphatic carbocycles. The first kappa shape index (κ1) is 16.4. The molecule has 1 aromatic heterocycles. The van der Waals surface area contributed by atoms with Gasteiger partial charge in [-0.15, -0.1) is 11.3 Å². The van der Waals surface area contributed by atoms with Gasteiger partial charge in [0.25, 0.3) is 0 Å². The number of anilines is 1. The molecule has 1 rings (SSSR count). The quantitative estimate of drug-likeness (QED) is 0.781. The third kappa shape index (κ3) is 4.18. The van der Waals surface area contributed by atoms with E-state index in [0.29, 0.717) is 12.0 Å². The first-order chi connectivity index (χ1) is 9.04. The SMILES string of the molecule is CCNCc1sc(N(CC)C(C)CC)nc1C(C)C. The van der Waals surface area contributed by atoms with Crippen LogP contribution in [0.2, 0.25) is 0 Å². The summed E-state index contributed by atoms with van der Waals surface area (Å²) in [6.07, 6.45) is 1.16. The average Bonchev–Trinajstić information content (AvgIpc) is 2.81. The van der Waals surface area contributed by atoms with Crippen molar-refractivity contribution in [3.8, 4) is 0 Å². The second-order valence-corrected chi connectivity index (χ2v) is 6.35. The van der Waals surface area contributed by atoms with Crippen LogP contribution in [0.25, 0.3) is 0 Å². The monoisotopic (exact) mass is 283 g/mol. The van der Waals surface area contributed by atoms with Gasteiger partial charge in [0.2, 0.25) is 0 Å². The Morgan fingerprint density at radius 1 is 1.21 bits per heavy atom. The first-order valence-corrected chi connectivity index (χ1v) is 8.33. The predicted molar refractivity (Wildman–Crippen MR) is 86.4 cm³/mol. The molecule has 0 saturated carbocycles. The normalized spacial score (nSPS) is 13.0. The van der Waals surface area contributed by atoms with Crippen LogP contribution in [0.5, 0.6) is 0 Å². The molecule has 1 aromatic rings. The second kappa shape index (κ2) is 7.85. The number of aromatic nitrogens is 1. The van der Waals surface area contributed by atoms with Crippen molar-refractivity contribution in [3.05, 3.63) is 10.6 Å². The van der Waals surface area contributed by atoms with E-state index in [0.717, 1.165) is 26.1 Å². The molecule has 0 fully saturated rings. The lowest BCUT2D eigenvalue weighted by molar-refractivity contribution is 0.626. The summed E-state index contributed by atoms with van der Waals surface area (Å²) in [5.74, 6) is 0.495. The van der Waals surface area contributed by atoms with Crippen LogP contribution < -0.4 is 10.2 Å². The summed E-state index contributed by atoms with van der Waals surface area (Å²) in [6.45, 7) is 16.3. The van der Waals surface area contributed by atoms with Crippen LogP contribution in [-0.4, -0.2) is 24.1 Å². The zero-order valence-electron chi connectivity index (χ0n) is 13.3. The van der Waals surface area contributed by atoms with Gasteiger partial charge in [-0.3, -0.25) is 0 Å². The van der Waals surface area contributed by atoms with Crippen LogP contribution in [0.4, 0.5) is 5.13 Å². The summed E-state index contributed by atoms with van der Waals surface area (Å²) in [5, 5.41) is 4.61. The van der Waals surface area contributed by atoms with E-state index in [1.807, 2.05) is 11.3 Å². The number of nitrogens with zero attached hydrogens (tertiary/aromatic N) is 2. The van der Waals surface area contributed by atoms with Gasteiger partial charge in [-0.05, 0) is 32.7 Å². The van der Waals surface area contributed by atoms with E-state index < -0.39 is 0 Å². The molecule has 1 atom stereocenters. The summed E-state index contributed by atoms with van der Waals surface area (Å²) in [7, 11) is 0. The van der Waals surface area contributed by atoms with Gasteiger partial charge >= 0.3 is 0 Å². The van der Waals surface area contributed by atoms with Crippen molar-refractivity contribution in [1.82, 2.24) is 10.3 Å². The summed E-state index contributed by atoms with van der Waals surface area (Å²) in [4.78, 5) is 8.73. The van der Waals surface area contributed by atoms with Crippen molar-refractivity contribution in [3.63, 3.8) is 0 Å². The van der Waals surface area contributed by atoms with Gasteiger partial charge in [0.15, 0.2) is 5.13 Å². The number of hydrogen-bond donors (Lipinski definition) is 1. The molecule has 0 amide bonds. The molecule has 0 aromatic carbocycles. The third-order valence-electron chi connectivity index (χ3n) is 3.51. The maximum Gasteiger partial charge on any atom is 0.186 e. The Morgan fingerprint density at radius 2 is 1.89 bits per heavy atom. The van der Waals surface area contributed by atoms with Crippen molar-refractivity contribution >= 4 is 16.5 Å². The van der Waals surface area contributed by atoms with Gasteiger partial charge in [0, 0.05) is 24.0 Å². The maximum absolute atomic E-state index is 4.91. The van der Waals surface area contributed by atoms with Crippen molar-refractivity contribution in [2.24, 2.45) is 0 Å². The van der Waals surface area contributed by atoms with E-state index in [2.05, 4.69) is 51.8 Å². The third-order valence-corrected chi connectivity index (χ3v) is 4.62. The minimum absolute atomic E-state index is 0.495. The number of thiazole rings is 1. The van der Waals surface area contributed by atoms with Gasteiger partial charge in [-0.25, -0.2) is 4.98 Å². The number of rotatable bonds is 8. The van der Waals surface area contributed by atoms with Crippen molar-refractivity contribution in [2.45, 2.75) is 66.5 Å². The summed E-state index contributed by atoms with van der Waals surface area (Å²) >= 11 is 1.86. The van der Waals surface area contributed by atoms with Crippen LogP contribution in [0.3, 0.4) is 0 Å². The lowest BCUT2D eigenvalue weighted by Gasteiger charge is -2.26. The fraction of sp³-hybridized carbons (Fsp3) is 0.800. The van der Waals surface area contributed by atoms with Crippen LogP contribution in [-0.2, 0) is 6.54 Å². The van der Waals surface area contributed by atoms with Crippen molar-refractivity contribution in [1.29, 1.82) is 0 Å². The standard InChI is InChI=1S/C15H29N3S/c1-7-12(6)18(9-3)15-17-14(11(4)5)13(19-15)10-16-8-2/h11-12,16H,7-10H2,1-6H3. The Kier molecular flexibility index (Phi) is 6.80. The number of hydrogen-bond acceptors (Lipinski definition) is 4. The smallest absolute Gasteiger partial charge is 0.186 e. The van der Waals surface area contributed by atoms with E-state index in [9.17, 15) is 0 Å². The Hall–Kier alpha value is -0.610. The highest BCUT2D eigenvalue weighted by molar-refractivity contribution is 7.15. The van der Waals surface area contributed by atoms with Gasteiger partial charge in [0.05, 0.1) is 5.69 Å². The molecule has 1 N–H and O–H groups in total. The van der Waals surface area contributed by atoms with Gasteiger partial charge in [-0.1, -0.05) is 27.7 Å². The molecule has 1 unspecified atom stereocenters. The second-order valence-electron chi connectivity index (χ2n) is 5.28. The van der Waals surface area contributed by atoms with Crippen molar-refractivity contribution < 1.29 is 0 Å². The average molecular weight is 283 g/mol. The maximum atomic E-state index is 4.91. The van der Waals surface area contributed by atoms with Gasteiger partial charge < -0.3 is 10.2 Å². The van der Waals surface area contributed by atoms with Crippen LogP contribution in [0.1, 0.15) is 64.5 Å². The van der Waals surface area contributed by atoms with Crippen LogP contribution in [0.15, 0.2) is 0 Å². The molecule has 19 heavy (non-hydrogen) atoms. The molecular weight excluding hydrogens is 254 g/mol. The minimum Gasteiger partial charge on any atom is -0.346 e. The summed E-state index contributed by atoms with van der Waals surface area (Å²) in [5.41, 5.74) is 1.27. The summed E-state index contributed by atoms with van der Waals surface area (Å²) in [6, 6.07) is 0.558. The van der Waals surface area contributed by atoms with Crippen molar-refractivity contribution in [2.75, 3.05) is 18.0 Å². The van der Waals surface area contributed by atoms with E-state index in [1.165, 1.54) is 15.7 Å². The van der Waals surface area contributed by atoms with E-state index in [1.54, 1.807) is 0 Å². The highest BCUT2D eigenvalue weighted by Crippen LogP contribution is 2.32. The fourth-order valence-electron chi connectivity index (χ4n) is 2.15. The molecule has 0 saturated heterocycles. The first-order valence-electron chi connectivity index (χ1n) is 7.51. The zero-order chi connectivity index (χ0) is 14.4. The fourth-order valence-corrected chi connectivity index (χ4v) is 3.50. The molecule has 0 aliphatic rings. The largest absolute Gasteiger partial charge is 0.346 e. The molecule has 0 bridgehead atoms.